The Balaban J connectivity index is 0.00000144. The Morgan fingerprint density at radius 1 is 0.500 bits per heavy atom. The van der Waals surface area contributed by atoms with E-state index in [1.54, 1.807) is 6.08 Å². The van der Waals surface area contributed by atoms with Crippen LogP contribution in [0.3, 0.4) is 0 Å². The van der Waals surface area contributed by atoms with Gasteiger partial charge in [-0.3, -0.25) is 3.63 Å². The van der Waals surface area contributed by atoms with Gasteiger partial charge in [0.2, 0.25) is 0 Å². The number of rotatable bonds is 10. The predicted molar refractivity (Wildman–Crippen MR) is 271 cm³/mol. The second kappa shape index (κ2) is 20.6. The fraction of sp³-hybridized carbons (Fsp3) is 0.593. The fourth-order valence-corrected chi connectivity index (χ4v) is 7.72. The zero-order valence-electron chi connectivity index (χ0n) is 42.8. The van der Waals surface area contributed by atoms with Crippen molar-refractivity contribution in [1.82, 2.24) is 0 Å². The average Bonchev–Trinajstić information content (AvgIpc) is 3.06. The molecule has 0 saturated carbocycles. The molecule has 0 N–H and O–H groups in total. The molecule has 6 heteroatoms. The molecule has 0 atom stereocenters. The van der Waals surface area contributed by atoms with Crippen LogP contribution in [0.15, 0.2) is 79.2 Å². The van der Waals surface area contributed by atoms with E-state index < -0.39 is 16.3 Å². The molecule has 3 aromatic carbocycles. The Morgan fingerprint density at radius 2 is 0.750 bits per heavy atom. The first-order valence-electron chi connectivity index (χ1n) is 21.6. The third-order valence-corrected chi connectivity index (χ3v) is 12.8. The van der Waals surface area contributed by atoms with Crippen LogP contribution in [0.4, 0.5) is 0 Å². The Morgan fingerprint density at radius 3 is 0.900 bits per heavy atom. The molecule has 0 aliphatic heterocycles. The van der Waals surface area contributed by atoms with Gasteiger partial charge in [0.1, 0.15) is 17.2 Å². The highest BCUT2D eigenvalue weighted by Gasteiger charge is 2.46. The van der Waals surface area contributed by atoms with Gasteiger partial charge in [-0.15, -0.1) is 16.9 Å². The normalized spacial score (nSPS) is 13.3. The van der Waals surface area contributed by atoms with E-state index in [2.05, 4.69) is 219 Å². The third-order valence-electron chi connectivity index (χ3n) is 10.1. The van der Waals surface area contributed by atoms with E-state index in [4.69, 9.17) is 17.8 Å². The molecule has 0 bridgehead atoms. The summed E-state index contributed by atoms with van der Waals surface area (Å²) in [4.78, 5) is 0. The Labute approximate surface area is 376 Å². The average molecular weight is 865 g/mol. The van der Waals surface area contributed by atoms with Gasteiger partial charge in [0.15, 0.2) is 0 Å². The zero-order chi connectivity index (χ0) is 47.1. The van der Waals surface area contributed by atoms with Gasteiger partial charge in [-0.2, -0.15) is 0 Å². The number of hydrogen-bond donors (Lipinski definition) is 0. The maximum atomic E-state index is 7.28. The molecular weight excluding hydrogens is 777 g/mol. The van der Waals surface area contributed by atoms with Gasteiger partial charge in [-0.1, -0.05) is 188 Å². The quantitative estimate of drug-likeness (QED) is 0.115. The molecule has 0 unspecified atom stereocenters. The summed E-state index contributed by atoms with van der Waals surface area (Å²) in [7, 11) is -0.943. The Hall–Kier alpha value is -2.80. The zero-order valence-corrected chi connectivity index (χ0v) is 44.4. The maximum absolute atomic E-state index is 7.28. The molecule has 0 heterocycles. The highest BCUT2D eigenvalue weighted by Crippen LogP contribution is 2.46. The van der Waals surface area contributed by atoms with E-state index in [0.717, 1.165) is 33.9 Å². The van der Waals surface area contributed by atoms with E-state index in [1.165, 1.54) is 28.7 Å². The lowest BCUT2D eigenvalue weighted by Crippen LogP contribution is -2.53. The molecule has 3 aromatic rings. The molecule has 0 aliphatic carbocycles. The summed E-state index contributed by atoms with van der Waals surface area (Å²) in [6.45, 7) is 53.6. The highest BCUT2D eigenvalue weighted by molar-refractivity contribution is 8.34. The van der Waals surface area contributed by atoms with Crippen molar-refractivity contribution >= 4 is 22.4 Å². The minimum absolute atomic E-state index is 0.00646. The van der Waals surface area contributed by atoms with Crippen LogP contribution in [0, 0.1) is 5.92 Å². The fourth-order valence-electron chi connectivity index (χ4n) is 6.09. The van der Waals surface area contributed by atoms with Crippen LogP contribution in [-0.2, 0) is 36.1 Å². The monoisotopic (exact) mass is 865 g/mol. The first-order valence-corrected chi connectivity index (χ1v) is 25.2. The Bertz CT molecular complexity index is 1660. The van der Waals surface area contributed by atoms with Gasteiger partial charge in [0, 0.05) is 35.0 Å². The van der Waals surface area contributed by atoms with Gasteiger partial charge in [0.25, 0.3) is 0 Å². The van der Waals surface area contributed by atoms with E-state index in [-0.39, 0.29) is 38.4 Å². The lowest BCUT2D eigenvalue weighted by Gasteiger charge is -2.41. The van der Waals surface area contributed by atoms with Crippen LogP contribution in [0.5, 0.6) is 17.2 Å². The molecule has 0 saturated heterocycles. The van der Waals surface area contributed by atoms with Crippen LogP contribution in [-0.4, -0.2) is 24.7 Å². The topological polar surface area (TPSA) is 36.9 Å². The van der Waals surface area contributed by atoms with Gasteiger partial charge < -0.3 is 14.2 Å². The summed E-state index contributed by atoms with van der Waals surface area (Å²) in [5.74, 6) is 0.604. The summed E-state index contributed by atoms with van der Waals surface area (Å²) >= 11 is 1.40. The minimum Gasteiger partial charge on any atom is -0.420 e. The van der Waals surface area contributed by atoms with Crippen LogP contribution in [0.25, 0.3) is 0 Å². The SMILES string of the molecule is C=CC.C=CS(C)(C)OSC.CC(C)C(Oc1ccc(C(C)(C)C)cc1C(C)(C)C)(Oc1ccc(C(C)(C)C)cc1C(C)(C)C)Oc1ccc(C(C)(C)C)cc1C(C)(C)C. The summed E-state index contributed by atoms with van der Waals surface area (Å²) < 4.78 is 27.1. The van der Waals surface area contributed by atoms with Crippen molar-refractivity contribution in [2.75, 3.05) is 18.8 Å². The van der Waals surface area contributed by atoms with E-state index in [0.29, 0.717) is 0 Å². The van der Waals surface area contributed by atoms with Crippen molar-refractivity contribution in [1.29, 1.82) is 0 Å². The predicted octanol–water partition coefficient (Wildman–Crippen LogP) is 16.9. The van der Waals surface area contributed by atoms with Gasteiger partial charge >= 0.3 is 5.97 Å². The second-order valence-electron chi connectivity index (χ2n) is 22.8. The summed E-state index contributed by atoms with van der Waals surface area (Å²) in [6, 6.07) is 19.8. The van der Waals surface area contributed by atoms with Gasteiger partial charge in [-0.05, 0) is 92.2 Å². The largest absolute Gasteiger partial charge is 0.420 e. The third kappa shape index (κ3) is 16.2. The molecule has 0 radical (unpaired) electrons. The molecule has 340 valence electrons. The van der Waals surface area contributed by atoms with Crippen molar-refractivity contribution in [2.24, 2.45) is 5.92 Å². The molecule has 3 rings (SSSR count). The smallest absolute Gasteiger partial charge is 0.419 e. The lowest BCUT2D eigenvalue weighted by molar-refractivity contribution is -0.280. The molecule has 0 amide bonds. The maximum Gasteiger partial charge on any atom is 0.419 e. The van der Waals surface area contributed by atoms with E-state index in [9.17, 15) is 0 Å². The summed E-state index contributed by atoms with van der Waals surface area (Å²) in [5, 5.41) is 1.86. The standard InChI is InChI=1S/C46H70O3.C5H12OS2.C3H6/c1-30(2)46(47-37-24-21-31(40(3,4)5)27-34(37)43(12,13)14,48-38-25-22-32(41(6,7)8)28-35(38)44(15,16)17)49-39-26-23-33(42(9,10)11)29-36(39)45(18,19)20;1-5-8(3,4)6-7-2;1-3-2/h21-30H,1-20H3;5H,1H2,2-4H3;3H,1H2,2H3. The van der Waals surface area contributed by atoms with Crippen LogP contribution >= 0.6 is 22.4 Å². The first kappa shape index (κ1) is 55.2. The Kier molecular flexibility index (Phi) is 18.9. The van der Waals surface area contributed by atoms with E-state index in [1.807, 2.05) is 18.6 Å². The van der Waals surface area contributed by atoms with Crippen LogP contribution in [0.2, 0.25) is 0 Å². The van der Waals surface area contributed by atoms with Crippen molar-refractivity contribution in [3.63, 3.8) is 0 Å². The van der Waals surface area contributed by atoms with Crippen molar-refractivity contribution < 1.29 is 17.8 Å². The van der Waals surface area contributed by atoms with E-state index >= 15 is 0 Å². The number of benzene rings is 3. The van der Waals surface area contributed by atoms with Gasteiger partial charge in [0.05, 0.1) is 5.92 Å². The minimum atomic E-state index is -1.49. The summed E-state index contributed by atoms with van der Waals surface area (Å²) in [5.41, 5.74) is 6.58. The molecule has 0 aromatic heterocycles. The molecule has 0 aliphatic rings. The first-order chi connectivity index (χ1) is 26.9. The van der Waals surface area contributed by atoms with Crippen molar-refractivity contribution in [3.8, 4) is 17.2 Å². The van der Waals surface area contributed by atoms with Crippen LogP contribution < -0.4 is 14.2 Å². The highest BCUT2D eigenvalue weighted by atomic mass is 32.3. The molecule has 0 spiro atoms. The molecule has 60 heavy (non-hydrogen) atoms. The number of hydrogen-bond acceptors (Lipinski definition) is 5. The number of allylic oxidation sites excluding steroid dienone is 1. The van der Waals surface area contributed by atoms with Crippen molar-refractivity contribution in [2.45, 2.75) is 184 Å². The molecular formula is C54H88O4S2. The van der Waals surface area contributed by atoms with Crippen molar-refractivity contribution in [3.05, 3.63) is 113 Å². The molecule has 0 fully saturated rings. The number of ether oxygens (including phenoxy) is 3. The lowest BCUT2D eigenvalue weighted by atomic mass is 9.80. The van der Waals surface area contributed by atoms with Crippen LogP contribution in [0.1, 0.15) is 179 Å². The van der Waals surface area contributed by atoms with Gasteiger partial charge in [-0.25, -0.2) is 0 Å². The summed E-state index contributed by atoms with van der Waals surface area (Å²) in [6.07, 6.45) is 7.77. The molecule has 4 nitrogen and oxygen atoms in total. The second-order valence-corrected chi connectivity index (χ2v) is 26.6.